The van der Waals surface area contributed by atoms with E-state index >= 15 is 0 Å². The number of thioether (sulfide) groups is 1. The Morgan fingerprint density at radius 3 is 2.79 bits per heavy atom. The highest BCUT2D eigenvalue weighted by molar-refractivity contribution is 8.01. The lowest BCUT2D eigenvalue weighted by atomic mass is 9.89. The van der Waals surface area contributed by atoms with Crippen molar-refractivity contribution in [1.82, 2.24) is 15.1 Å². The first-order valence-corrected chi connectivity index (χ1v) is 10.5. The molecule has 7 heteroatoms. The van der Waals surface area contributed by atoms with Crippen molar-refractivity contribution in [3.8, 4) is 5.69 Å². The smallest absolute Gasteiger partial charge is 0.230 e. The van der Waals surface area contributed by atoms with E-state index in [1.165, 1.54) is 55.2 Å². The van der Waals surface area contributed by atoms with Gasteiger partial charge in [0.25, 0.3) is 0 Å². The number of carbonyl (C=O) groups is 1. The fourth-order valence-electron chi connectivity index (χ4n) is 2.88. The van der Waals surface area contributed by atoms with E-state index in [-0.39, 0.29) is 5.91 Å². The van der Waals surface area contributed by atoms with Gasteiger partial charge < -0.3 is 5.32 Å². The number of aromatic nitrogens is 2. The number of para-hydroxylation sites is 1. The Kier molecular flexibility index (Phi) is 6.45. The molecule has 4 nitrogen and oxygen atoms in total. The normalized spacial score (nSPS) is 15.3. The third-order valence-corrected chi connectivity index (χ3v) is 6.53. The van der Waals surface area contributed by atoms with Gasteiger partial charge in [0, 0.05) is 6.54 Å². The molecular formula is C17H21N3OS3. The maximum absolute atomic E-state index is 12.0. The Hall–Kier alpha value is -1.18. The largest absolute Gasteiger partial charge is 0.355 e. The van der Waals surface area contributed by atoms with E-state index < -0.39 is 0 Å². The van der Waals surface area contributed by atoms with Crippen LogP contribution in [-0.4, -0.2) is 28.0 Å². The third kappa shape index (κ3) is 4.91. The predicted octanol–water partition coefficient (Wildman–Crippen LogP) is 4.45. The molecule has 1 amide bonds. The number of hydrogen-bond acceptors (Lipinski definition) is 5. The Bertz CT molecular complexity index is 720. The van der Waals surface area contributed by atoms with Crippen LogP contribution in [0.25, 0.3) is 5.69 Å². The van der Waals surface area contributed by atoms with Gasteiger partial charge >= 0.3 is 0 Å². The fraction of sp³-hybridized carbons (Fsp3) is 0.471. The zero-order valence-corrected chi connectivity index (χ0v) is 15.9. The van der Waals surface area contributed by atoms with E-state index in [1.807, 2.05) is 30.3 Å². The van der Waals surface area contributed by atoms with Crippen LogP contribution < -0.4 is 5.32 Å². The van der Waals surface area contributed by atoms with Crippen molar-refractivity contribution < 1.29 is 4.79 Å². The Balaban J connectivity index is 1.49. The highest BCUT2D eigenvalue weighted by Crippen LogP contribution is 2.25. The van der Waals surface area contributed by atoms with Gasteiger partial charge in [-0.25, -0.2) is 4.68 Å². The van der Waals surface area contributed by atoms with Gasteiger partial charge in [-0.05, 0) is 43.1 Å². The minimum Gasteiger partial charge on any atom is -0.355 e. The summed E-state index contributed by atoms with van der Waals surface area (Å²) in [7, 11) is 0. The van der Waals surface area contributed by atoms with Crippen LogP contribution in [0, 0.1) is 9.87 Å². The molecule has 1 aliphatic rings. The number of nitrogens with one attached hydrogen (secondary N) is 1. The number of rotatable bonds is 6. The number of carbonyl (C=O) groups excluding carboxylic acids is 1. The summed E-state index contributed by atoms with van der Waals surface area (Å²) in [4.78, 5) is 12.0. The lowest BCUT2D eigenvalue weighted by Gasteiger charge is -2.21. The molecule has 0 saturated heterocycles. The van der Waals surface area contributed by atoms with Gasteiger partial charge in [-0.15, -0.1) is 5.10 Å². The highest BCUT2D eigenvalue weighted by atomic mass is 32.2. The molecule has 0 unspecified atom stereocenters. The molecular weight excluding hydrogens is 358 g/mol. The average Bonchev–Trinajstić information content (AvgIpc) is 3.00. The van der Waals surface area contributed by atoms with Crippen LogP contribution in [-0.2, 0) is 4.79 Å². The predicted molar refractivity (Wildman–Crippen MR) is 103 cm³/mol. The zero-order chi connectivity index (χ0) is 16.8. The summed E-state index contributed by atoms with van der Waals surface area (Å²) in [5.74, 6) is 1.13. The summed E-state index contributed by atoms with van der Waals surface area (Å²) in [6, 6.07) is 9.83. The van der Waals surface area contributed by atoms with Crippen LogP contribution in [0.4, 0.5) is 0 Å². The molecule has 1 N–H and O–H groups in total. The number of benzene rings is 1. The van der Waals surface area contributed by atoms with Crippen LogP contribution in [0.3, 0.4) is 0 Å². The topological polar surface area (TPSA) is 46.9 Å². The summed E-state index contributed by atoms with van der Waals surface area (Å²) in [5, 5.41) is 7.58. The molecule has 1 fully saturated rings. The molecule has 1 aliphatic carbocycles. The van der Waals surface area contributed by atoms with Gasteiger partial charge in [0.2, 0.25) is 5.91 Å². The van der Waals surface area contributed by atoms with E-state index in [2.05, 4.69) is 10.4 Å². The Labute approximate surface area is 155 Å². The van der Waals surface area contributed by atoms with Crippen LogP contribution in [0.1, 0.15) is 32.1 Å². The minimum atomic E-state index is 0.0814. The Morgan fingerprint density at radius 1 is 1.29 bits per heavy atom. The van der Waals surface area contributed by atoms with Crippen LogP contribution in [0.2, 0.25) is 0 Å². The minimum absolute atomic E-state index is 0.0814. The number of hydrogen-bond donors (Lipinski definition) is 1. The van der Waals surface area contributed by atoms with Crippen LogP contribution in [0.15, 0.2) is 34.7 Å². The van der Waals surface area contributed by atoms with Gasteiger partial charge in [-0.3, -0.25) is 4.79 Å². The van der Waals surface area contributed by atoms with Crippen LogP contribution >= 0.6 is 35.3 Å². The quantitative estimate of drug-likeness (QED) is 0.595. The fourth-order valence-corrected chi connectivity index (χ4v) is 5.07. The van der Waals surface area contributed by atoms with Crippen molar-refractivity contribution in [2.75, 3.05) is 12.3 Å². The average molecular weight is 380 g/mol. The van der Waals surface area contributed by atoms with Crippen molar-refractivity contribution in [2.45, 2.75) is 36.4 Å². The van der Waals surface area contributed by atoms with Gasteiger partial charge in [-0.2, -0.15) is 0 Å². The molecule has 2 aromatic rings. The molecule has 1 heterocycles. The van der Waals surface area contributed by atoms with E-state index in [4.69, 9.17) is 12.2 Å². The maximum Gasteiger partial charge on any atom is 0.230 e. The summed E-state index contributed by atoms with van der Waals surface area (Å²) in [5.41, 5.74) is 0.951. The lowest BCUT2D eigenvalue weighted by molar-refractivity contribution is -0.118. The van der Waals surface area contributed by atoms with Gasteiger partial charge in [0.05, 0.1) is 11.4 Å². The van der Waals surface area contributed by atoms with E-state index in [0.29, 0.717) is 15.6 Å². The summed E-state index contributed by atoms with van der Waals surface area (Å²) < 4.78 is 3.28. The van der Waals surface area contributed by atoms with Gasteiger partial charge in [0.1, 0.15) is 0 Å². The first-order valence-electron chi connectivity index (χ1n) is 8.27. The summed E-state index contributed by atoms with van der Waals surface area (Å²) in [6.07, 6.45) is 6.44. The second-order valence-electron chi connectivity index (χ2n) is 5.98. The van der Waals surface area contributed by atoms with Crippen molar-refractivity contribution in [2.24, 2.45) is 5.92 Å². The molecule has 1 saturated carbocycles. The molecule has 1 aromatic heterocycles. The van der Waals surface area contributed by atoms with Crippen molar-refractivity contribution >= 4 is 41.2 Å². The number of amides is 1. The SMILES string of the molecule is O=C(CSc1nn(-c2ccccc2)c(=S)s1)NCC1CCCCC1. The molecule has 0 spiro atoms. The van der Waals surface area contributed by atoms with Crippen molar-refractivity contribution in [3.05, 3.63) is 34.3 Å². The van der Waals surface area contributed by atoms with Gasteiger partial charge in [0.15, 0.2) is 8.29 Å². The molecule has 0 bridgehead atoms. The monoisotopic (exact) mass is 379 g/mol. The molecule has 0 radical (unpaired) electrons. The molecule has 0 atom stereocenters. The zero-order valence-electron chi connectivity index (χ0n) is 13.4. The summed E-state index contributed by atoms with van der Waals surface area (Å²) in [6.45, 7) is 0.813. The van der Waals surface area contributed by atoms with Crippen LogP contribution in [0.5, 0.6) is 0 Å². The molecule has 24 heavy (non-hydrogen) atoms. The number of nitrogens with zero attached hydrogens (tertiary/aromatic N) is 2. The van der Waals surface area contributed by atoms with E-state index in [1.54, 1.807) is 4.68 Å². The highest BCUT2D eigenvalue weighted by Gasteiger charge is 2.15. The molecule has 128 valence electrons. The third-order valence-electron chi connectivity index (χ3n) is 4.17. The van der Waals surface area contributed by atoms with E-state index in [9.17, 15) is 4.79 Å². The van der Waals surface area contributed by atoms with Crippen molar-refractivity contribution in [1.29, 1.82) is 0 Å². The first kappa shape index (κ1) is 17.6. The maximum atomic E-state index is 12.0. The summed E-state index contributed by atoms with van der Waals surface area (Å²) >= 11 is 8.28. The standard InChI is InChI=1S/C17H21N3OS3/c21-15(18-11-13-7-3-1-4-8-13)12-23-16-19-20(17(22)24-16)14-9-5-2-6-10-14/h2,5-6,9-10,13H,1,3-4,7-8,11-12H2,(H,18,21). The molecule has 3 rings (SSSR count). The first-order chi connectivity index (χ1) is 11.7. The molecule has 0 aliphatic heterocycles. The molecule has 1 aromatic carbocycles. The second kappa shape index (κ2) is 8.78. The lowest BCUT2D eigenvalue weighted by Crippen LogP contribution is -2.31. The second-order valence-corrected chi connectivity index (χ2v) is 8.82. The van der Waals surface area contributed by atoms with E-state index in [0.717, 1.165) is 16.6 Å². The van der Waals surface area contributed by atoms with Gasteiger partial charge in [-0.1, -0.05) is 60.6 Å². The van der Waals surface area contributed by atoms with Crippen molar-refractivity contribution in [3.63, 3.8) is 0 Å². The Morgan fingerprint density at radius 2 is 2.04 bits per heavy atom.